The highest BCUT2D eigenvalue weighted by Gasteiger charge is 2.16. The summed E-state index contributed by atoms with van der Waals surface area (Å²) in [6.07, 6.45) is 1.86. The first kappa shape index (κ1) is 21.0. The molecule has 29 heavy (non-hydrogen) atoms. The monoisotopic (exact) mass is 417 g/mol. The molecule has 0 spiro atoms. The van der Waals surface area contributed by atoms with Crippen LogP contribution in [-0.4, -0.2) is 29.0 Å². The zero-order valence-corrected chi connectivity index (χ0v) is 16.9. The Morgan fingerprint density at radius 1 is 1.21 bits per heavy atom. The summed E-state index contributed by atoms with van der Waals surface area (Å²) in [5.74, 6) is 0.0224. The van der Waals surface area contributed by atoms with Crippen LogP contribution in [0, 0.1) is 0 Å². The Morgan fingerprint density at radius 2 is 1.93 bits per heavy atom. The highest BCUT2D eigenvalue weighted by molar-refractivity contribution is 7.89. The molecule has 0 amide bonds. The van der Waals surface area contributed by atoms with E-state index in [2.05, 4.69) is 11.9 Å². The van der Waals surface area contributed by atoms with E-state index in [0.29, 0.717) is 29.0 Å². The number of carbonyl (C=O) groups is 1. The van der Waals surface area contributed by atoms with Gasteiger partial charge in [-0.15, -0.1) is 0 Å². The van der Waals surface area contributed by atoms with Crippen LogP contribution in [0.5, 0.6) is 0 Å². The number of nitrogens with two attached hydrogens (primary N) is 1. The summed E-state index contributed by atoms with van der Waals surface area (Å²) in [6, 6.07) is 11.0. The Bertz CT molecular complexity index is 1120. The Balaban J connectivity index is 1.87. The lowest BCUT2D eigenvalue weighted by molar-refractivity contribution is 0.0458. The number of primary sulfonamides is 1. The lowest BCUT2D eigenvalue weighted by atomic mass is 10.1. The van der Waals surface area contributed by atoms with Gasteiger partial charge < -0.3 is 14.4 Å². The van der Waals surface area contributed by atoms with Gasteiger partial charge in [-0.25, -0.2) is 23.3 Å². The van der Waals surface area contributed by atoms with Gasteiger partial charge in [0.25, 0.3) is 0 Å². The highest BCUT2D eigenvalue weighted by Crippen LogP contribution is 2.21. The molecule has 3 N–H and O–H groups in total. The van der Waals surface area contributed by atoms with Gasteiger partial charge in [-0.1, -0.05) is 25.5 Å². The molecule has 0 radical (unpaired) electrons. The molecule has 9 heteroatoms. The van der Waals surface area contributed by atoms with E-state index in [-0.39, 0.29) is 18.1 Å². The van der Waals surface area contributed by atoms with Crippen LogP contribution in [0.4, 0.5) is 0 Å². The molecule has 0 unspecified atom stereocenters. The molecule has 3 rings (SSSR count). The third-order valence-electron chi connectivity index (χ3n) is 4.57. The van der Waals surface area contributed by atoms with Crippen LogP contribution in [0.1, 0.15) is 41.5 Å². The maximum absolute atomic E-state index is 12.3. The molecule has 0 bridgehead atoms. The number of hydrogen-bond acceptors (Lipinski definition) is 6. The predicted octanol–water partition coefficient (Wildman–Crippen LogP) is 2.33. The summed E-state index contributed by atoms with van der Waals surface area (Å²) < 4.78 is 30.6. The second kappa shape index (κ2) is 8.73. The van der Waals surface area contributed by atoms with E-state index >= 15 is 0 Å². The summed E-state index contributed by atoms with van der Waals surface area (Å²) in [5.41, 5.74) is 2.30. The Morgan fingerprint density at radius 3 is 2.55 bits per heavy atom. The number of rotatable bonds is 8. The number of unbranched alkanes of at least 4 members (excludes halogenated alkanes) is 1. The van der Waals surface area contributed by atoms with Crippen molar-refractivity contribution < 1.29 is 23.1 Å². The number of benzene rings is 2. The molecule has 2 aromatic carbocycles. The minimum Gasteiger partial charge on any atom is -0.454 e. The van der Waals surface area contributed by atoms with E-state index in [1.165, 1.54) is 12.1 Å². The number of nitrogens with zero attached hydrogens (tertiary/aromatic N) is 2. The smallest absolute Gasteiger partial charge is 0.338 e. The summed E-state index contributed by atoms with van der Waals surface area (Å²) in [5, 5.41) is 14.3. The van der Waals surface area contributed by atoms with Gasteiger partial charge in [-0.3, -0.25) is 0 Å². The number of hydrogen-bond donors (Lipinski definition) is 2. The van der Waals surface area contributed by atoms with Crippen LogP contribution in [0.2, 0.25) is 0 Å². The normalized spacial score (nSPS) is 11.7. The van der Waals surface area contributed by atoms with Crippen LogP contribution in [0.25, 0.3) is 11.0 Å². The molecule has 8 nitrogen and oxygen atoms in total. The van der Waals surface area contributed by atoms with E-state index in [1.807, 2.05) is 4.57 Å². The molecule has 3 aromatic rings. The van der Waals surface area contributed by atoms with Crippen molar-refractivity contribution in [2.75, 3.05) is 0 Å². The number of aryl methyl sites for hydroxylation is 1. The minimum absolute atomic E-state index is 0.0161. The van der Waals surface area contributed by atoms with Gasteiger partial charge in [-0.05, 0) is 42.3 Å². The Labute approximate surface area is 169 Å². The number of sulfonamides is 1. The molecule has 154 valence electrons. The topological polar surface area (TPSA) is 125 Å². The van der Waals surface area contributed by atoms with Crippen LogP contribution in [0.15, 0.2) is 47.4 Å². The number of esters is 1. The number of fused-ring (bicyclic) bond motifs is 1. The molecule has 1 heterocycles. The zero-order valence-electron chi connectivity index (χ0n) is 16.0. The standard InChI is InChI=1S/C20H23N3O5S/c1-2-3-10-23-18-9-8-16(29(21,26)27)11-17(18)22-19(23)13-28-20(25)15-6-4-14(12-24)5-7-15/h4-9,11,24H,2-3,10,12-13H2,1H3,(H2,21,26,27). The van der Waals surface area contributed by atoms with Gasteiger partial charge in [0.1, 0.15) is 12.4 Å². The fourth-order valence-corrected chi connectivity index (χ4v) is 3.51. The van der Waals surface area contributed by atoms with Gasteiger partial charge in [-0.2, -0.15) is 0 Å². The van der Waals surface area contributed by atoms with Crippen molar-refractivity contribution in [3.63, 3.8) is 0 Å². The summed E-state index contributed by atoms with van der Waals surface area (Å²) in [7, 11) is -3.83. The molecular formula is C20H23N3O5S. The summed E-state index contributed by atoms with van der Waals surface area (Å²) in [6.45, 7) is 2.58. The van der Waals surface area contributed by atoms with E-state index < -0.39 is 16.0 Å². The molecule has 0 saturated heterocycles. The van der Waals surface area contributed by atoms with E-state index in [9.17, 15) is 13.2 Å². The molecule has 1 aromatic heterocycles. The number of aliphatic hydroxyl groups is 1. The van der Waals surface area contributed by atoms with Crippen LogP contribution < -0.4 is 5.14 Å². The van der Waals surface area contributed by atoms with Crippen LogP contribution in [0.3, 0.4) is 0 Å². The third-order valence-corrected chi connectivity index (χ3v) is 5.48. The lowest BCUT2D eigenvalue weighted by Crippen LogP contribution is -2.12. The van der Waals surface area contributed by atoms with Crippen molar-refractivity contribution in [1.29, 1.82) is 0 Å². The lowest BCUT2D eigenvalue weighted by Gasteiger charge is -2.09. The van der Waals surface area contributed by atoms with Crippen molar-refractivity contribution >= 4 is 27.0 Å². The number of carbonyl (C=O) groups excluding carboxylic acids is 1. The van der Waals surface area contributed by atoms with Crippen LogP contribution in [-0.2, 0) is 34.5 Å². The Kier molecular flexibility index (Phi) is 6.31. The number of aromatic nitrogens is 2. The van der Waals surface area contributed by atoms with Crippen molar-refractivity contribution in [2.45, 2.75) is 44.4 Å². The van der Waals surface area contributed by atoms with Gasteiger partial charge in [0.15, 0.2) is 0 Å². The molecule has 0 aliphatic carbocycles. The third kappa shape index (κ3) is 4.81. The molecule has 0 aliphatic heterocycles. The summed E-state index contributed by atoms with van der Waals surface area (Å²) >= 11 is 0. The van der Waals surface area contributed by atoms with Gasteiger partial charge in [0, 0.05) is 6.54 Å². The second-order valence-corrected chi connectivity index (χ2v) is 8.22. The molecule has 0 aliphatic rings. The first-order chi connectivity index (χ1) is 13.8. The zero-order chi connectivity index (χ0) is 21.0. The number of ether oxygens (including phenoxy) is 1. The second-order valence-electron chi connectivity index (χ2n) is 6.66. The first-order valence-corrected chi connectivity index (χ1v) is 10.8. The average molecular weight is 417 g/mol. The average Bonchev–Trinajstić information content (AvgIpc) is 3.06. The van der Waals surface area contributed by atoms with E-state index in [0.717, 1.165) is 18.4 Å². The van der Waals surface area contributed by atoms with Gasteiger partial charge >= 0.3 is 5.97 Å². The molecule has 0 saturated carbocycles. The first-order valence-electron chi connectivity index (χ1n) is 9.22. The fourth-order valence-electron chi connectivity index (χ4n) is 2.97. The van der Waals surface area contributed by atoms with E-state index in [4.69, 9.17) is 15.0 Å². The summed E-state index contributed by atoms with van der Waals surface area (Å²) in [4.78, 5) is 16.8. The van der Waals surface area contributed by atoms with Crippen molar-refractivity contribution in [1.82, 2.24) is 9.55 Å². The largest absolute Gasteiger partial charge is 0.454 e. The fraction of sp³-hybridized carbons (Fsp3) is 0.300. The molecular weight excluding hydrogens is 394 g/mol. The highest BCUT2D eigenvalue weighted by atomic mass is 32.2. The van der Waals surface area contributed by atoms with Crippen molar-refractivity contribution in [2.24, 2.45) is 5.14 Å². The van der Waals surface area contributed by atoms with Crippen molar-refractivity contribution in [3.8, 4) is 0 Å². The predicted molar refractivity (Wildman–Crippen MR) is 107 cm³/mol. The molecule has 0 fully saturated rings. The Hall–Kier alpha value is -2.75. The SMILES string of the molecule is CCCCn1c(COC(=O)c2ccc(CO)cc2)nc2cc(S(N)(=O)=O)ccc21. The number of aliphatic hydroxyl groups excluding tert-OH is 1. The van der Waals surface area contributed by atoms with Crippen LogP contribution >= 0.6 is 0 Å². The van der Waals surface area contributed by atoms with E-state index in [1.54, 1.807) is 30.3 Å². The quantitative estimate of drug-likeness (QED) is 0.542. The molecule has 0 atom stereocenters. The maximum Gasteiger partial charge on any atom is 0.338 e. The minimum atomic E-state index is -3.83. The number of imidazole rings is 1. The van der Waals surface area contributed by atoms with Gasteiger partial charge in [0.05, 0.1) is 28.1 Å². The maximum atomic E-state index is 12.3. The van der Waals surface area contributed by atoms with Crippen molar-refractivity contribution in [3.05, 3.63) is 59.4 Å². The van der Waals surface area contributed by atoms with Gasteiger partial charge in [0.2, 0.25) is 10.0 Å².